The van der Waals surface area contributed by atoms with Crippen LogP contribution in [-0.4, -0.2) is 0 Å². The summed E-state index contributed by atoms with van der Waals surface area (Å²) in [6.45, 7) is 2.59. The predicted molar refractivity (Wildman–Crippen MR) is 69.9 cm³/mol. The number of fused-ring (bicyclic) bond motifs is 2. The van der Waals surface area contributed by atoms with Crippen molar-refractivity contribution in [3.63, 3.8) is 0 Å². The van der Waals surface area contributed by atoms with Crippen LogP contribution < -0.4 is 0 Å². The van der Waals surface area contributed by atoms with Gasteiger partial charge in [-0.25, -0.2) is 0 Å². The summed E-state index contributed by atoms with van der Waals surface area (Å²) in [6, 6.07) is 16.6. The molecule has 2 aromatic rings. The Balaban J connectivity index is 1.85. The normalized spacial score (nSPS) is 15.6. The van der Waals surface area contributed by atoms with E-state index in [9.17, 15) is 0 Å². The van der Waals surface area contributed by atoms with Gasteiger partial charge < -0.3 is 9.47 Å². The Bertz CT molecular complexity index is 439. The SMILES string of the molecule is c1ccc2c(c1)COCc1ccccc1COC2. The molecule has 3 rings (SSSR count). The van der Waals surface area contributed by atoms with Gasteiger partial charge in [0.05, 0.1) is 26.4 Å². The average molecular weight is 240 g/mol. The van der Waals surface area contributed by atoms with Crippen LogP contribution >= 0.6 is 0 Å². The van der Waals surface area contributed by atoms with Crippen molar-refractivity contribution in [1.29, 1.82) is 0 Å². The van der Waals surface area contributed by atoms with Gasteiger partial charge in [-0.3, -0.25) is 0 Å². The molecule has 1 heterocycles. The lowest BCUT2D eigenvalue weighted by atomic mass is 10.1. The molecule has 0 unspecified atom stereocenters. The van der Waals surface area contributed by atoms with Crippen LogP contribution in [0.5, 0.6) is 0 Å². The molecule has 18 heavy (non-hydrogen) atoms. The van der Waals surface area contributed by atoms with Gasteiger partial charge in [-0.2, -0.15) is 0 Å². The summed E-state index contributed by atoms with van der Waals surface area (Å²) >= 11 is 0. The van der Waals surface area contributed by atoms with E-state index in [0.29, 0.717) is 26.4 Å². The van der Waals surface area contributed by atoms with Crippen LogP contribution in [0.15, 0.2) is 48.5 Å². The minimum absolute atomic E-state index is 0.647. The quantitative estimate of drug-likeness (QED) is 0.702. The Hall–Kier alpha value is -1.64. The summed E-state index contributed by atoms with van der Waals surface area (Å²) in [4.78, 5) is 0. The van der Waals surface area contributed by atoms with Gasteiger partial charge in [-0.15, -0.1) is 0 Å². The second-order valence-electron chi connectivity index (χ2n) is 4.52. The maximum absolute atomic E-state index is 5.81. The second-order valence-corrected chi connectivity index (χ2v) is 4.52. The molecule has 0 spiro atoms. The molecule has 2 heteroatoms. The fourth-order valence-electron chi connectivity index (χ4n) is 2.22. The molecule has 1 aliphatic rings. The number of ether oxygens (including phenoxy) is 2. The van der Waals surface area contributed by atoms with Crippen LogP contribution in [0.25, 0.3) is 0 Å². The minimum Gasteiger partial charge on any atom is -0.372 e. The first-order valence-corrected chi connectivity index (χ1v) is 6.22. The Morgan fingerprint density at radius 3 is 1.06 bits per heavy atom. The van der Waals surface area contributed by atoms with Gasteiger partial charge in [-0.05, 0) is 22.3 Å². The third kappa shape index (κ3) is 2.45. The number of hydrogen-bond acceptors (Lipinski definition) is 2. The summed E-state index contributed by atoms with van der Waals surface area (Å²) in [6.07, 6.45) is 0. The van der Waals surface area contributed by atoms with E-state index in [1.807, 2.05) is 24.3 Å². The zero-order valence-electron chi connectivity index (χ0n) is 10.3. The highest BCUT2D eigenvalue weighted by atomic mass is 16.5. The van der Waals surface area contributed by atoms with E-state index >= 15 is 0 Å². The molecule has 0 aliphatic carbocycles. The highest BCUT2D eigenvalue weighted by Crippen LogP contribution is 2.18. The van der Waals surface area contributed by atoms with E-state index in [1.165, 1.54) is 22.3 Å². The third-order valence-electron chi connectivity index (χ3n) is 3.27. The Morgan fingerprint density at radius 2 is 0.778 bits per heavy atom. The number of benzene rings is 2. The van der Waals surface area contributed by atoms with Crippen molar-refractivity contribution in [2.24, 2.45) is 0 Å². The van der Waals surface area contributed by atoms with Crippen LogP contribution in [0.2, 0.25) is 0 Å². The van der Waals surface area contributed by atoms with E-state index in [0.717, 1.165) is 0 Å². The smallest absolute Gasteiger partial charge is 0.0724 e. The molecule has 1 aliphatic heterocycles. The van der Waals surface area contributed by atoms with Gasteiger partial charge in [0, 0.05) is 0 Å². The van der Waals surface area contributed by atoms with E-state index in [4.69, 9.17) is 9.47 Å². The zero-order chi connectivity index (χ0) is 12.2. The van der Waals surface area contributed by atoms with Crippen LogP contribution in [-0.2, 0) is 35.9 Å². The van der Waals surface area contributed by atoms with Crippen molar-refractivity contribution in [1.82, 2.24) is 0 Å². The summed E-state index contributed by atoms with van der Waals surface area (Å²) < 4.78 is 11.6. The molecule has 92 valence electrons. The molecular weight excluding hydrogens is 224 g/mol. The van der Waals surface area contributed by atoms with Crippen molar-refractivity contribution in [2.45, 2.75) is 26.4 Å². The van der Waals surface area contributed by atoms with E-state index in [1.54, 1.807) is 0 Å². The van der Waals surface area contributed by atoms with E-state index in [-0.39, 0.29) is 0 Å². The summed E-state index contributed by atoms with van der Waals surface area (Å²) in [5.74, 6) is 0. The van der Waals surface area contributed by atoms with Crippen molar-refractivity contribution in [2.75, 3.05) is 0 Å². The summed E-state index contributed by atoms with van der Waals surface area (Å²) in [5.41, 5.74) is 4.88. The van der Waals surface area contributed by atoms with Gasteiger partial charge in [0.25, 0.3) is 0 Å². The lowest BCUT2D eigenvalue weighted by Gasteiger charge is -2.16. The van der Waals surface area contributed by atoms with E-state index < -0.39 is 0 Å². The monoisotopic (exact) mass is 240 g/mol. The van der Waals surface area contributed by atoms with Crippen LogP contribution in [0.1, 0.15) is 22.3 Å². The van der Waals surface area contributed by atoms with Crippen molar-refractivity contribution in [3.8, 4) is 0 Å². The molecule has 0 radical (unpaired) electrons. The molecule has 2 nitrogen and oxygen atoms in total. The van der Waals surface area contributed by atoms with Gasteiger partial charge in [0.1, 0.15) is 0 Å². The lowest BCUT2D eigenvalue weighted by Crippen LogP contribution is -2.06. The first-order valence-electron chi connectivity index (χ1n) is 6.22. The number of hydrogen-bond donors (Lipinski definition) is 0. The van der Waals surface area contributed by atoms with Crippen LogP contribution in [0, 0.1) is 0 Å². The minimum atomic E-state index is 0.647. The lowest BCUT2D eigenvalue weighted by molar-refractivity contribution is 0.0805. The molecule has 0 saturated carbocycles. The maximum atomic E-state index is 5.81. The third-order valence-corrected chi connectivity index (χ3v) is 3.27. The Labute approximate surface area is 107 Å². The molecule has 0 aromatic heterocycles. The largest absolute Gasteiger partial charge is 0.372 e. The van der Waals surface area contributed by atoms with Gasteiger partial charge in [0.2, 0.25) is 0 Å². The molecule has 0 N–H and O–H groups in total. The van der Waals surface area contributed by atoms with Crippen LogP contribution in [0.4, 0.5) is 0 Å². The van der Waals surface area contributed by atoms with E-state index in [2.05, 4.69) is 24.3 Å². The molecule has 0 bridgehead atoms. The number of rotatable bonds is 0. The standard InChI is InChI=1S/C16H16O2/c1-2-6-14-10-18-12-16-8-4-3-7-15(16)11-17-9-13(14)5-1/h1-8H,9-12H2. The topological polar surface area (TPSA) is 18.5 Å². The Kier molecular flexibility index (Phi) is 3.40. The zero-order valence-corrected chi connectivity index (χ0v) is 10.3. The van der Waals surface area contributed by atoms with Crippen molar-refractivity contribution >= 4 is 0 Å². The van der Waals surface area contributed by atoms with Gasteiger partial charge in [-0.1, -0.05) is 48.5 Å². The molecule has 0 atom stereocenters. The highest BCUT2D eigenvalue weighted by Gasteiger charge is 2.08. The van der Waals surface area contributed by atoms with Gasteiger partial charge >= 0.3 is 0 Å². The molecular formula is C16H16O2. The van der Waals surface area contributed by atoms with Crippen LogP contribution in [0.3, 0.4) is 0 Å². The first-order chi connectivity index (χ1) is 8.93. The predicted octanol–water partition coefficient (Wildman–Crippen LogP) is 3.43. The Morgan fingerprint density at radius 1 is 0.500 bits per heavy atom. The molecule has 2 aromatic carbocycles. The van der Waals surface area contributed by atoms with Crippen molar-refractivity contribution in [3.05, 3.63) is 70.8 Å². The molecule has 0 fully saturated rings. The first kappa shape index (κ1) is 11.5. The maximum Gasteiger partial charge on any atom is 0.0724 e. The fraction of sp³-hybridized carbons (Fsp3) is 0.250. The summed E-state index contributed by atoms with van der Waals surface area (Å²) in [5, 5.41) is 0. The average Bonchev–Trinajstić information content (AvgIpc) is 2.43. The summed E-state index contributed by atoms with van der Waals surface area (Å²) in [7, 11) is 0. The van der Waals surface area contributed by atoms with Gasteiger partial charge in [0.15, 0.2) is 0 Å². The molecule has 0 amide bonds. The molecule has 0 saturated heterocycles. The second kappa shape index (κ2) is 5.34. The fourth-order valence-corrected chi connectivity index (χ4v) is 2.22. The highest BCUT2D eigenvalue weighted by molar-refractivity contribution is 5.28. The van der Waals surface area contributed by atoms with Crippen molar-refractivity contribution < 1.29 is 9.47 Å².